The first-order chi connectivity index (χ1) is 2.43. The van der Waals surface area contributed by atoms with Crippen molar-refractivity contribution in [2.45, 2.75) is 6.10 Å². The molecular weight excluding hydrogens is 133 g/mol. The molecule has 1 nitrogen and oxygen atoms in total. The van der Waals surface area contributed by atoms with E-state index >= 15 is 0 Å². The zero-order valence-corrected chi connectivity index (χ0v) is 9.53. The quantitative estimate of drug-likeness (QED) is 0.202. The van der Waals surface area contributed by atoms with E-state index in [0.29, 0.717) is 12.0 Å². The van der Waals surface area contributed by atoms with Gasteiger partial charge in [-0.25, -0.2) is 0 Å². The molecule has 0 amide bonds. The van der Waals surface area contributed by atoms with Crippen LogP contribution in [-0.4, -0.2) is 18.6 Å². The summed E-state index contributed by atoms with van der Waals surface area (Å²) >= 11 is 5.27. The predicted octanol–water partition coefficient (Wildman–Crippen LogP) is -5.14. The molecule has 7 heavy (non-hydrogen) atoms. The van der Waals surface area contributed by atoms with Gasteiger partial charge >= 0.3 is 59.1 Å². The normalized spacial score (nSPS) is 24.4. The van der Waals surface area contributed by atoms with Gasteiger partial charge in [0.2, 0.25) is 0 Å². The predicted molar refractivity (Wildman–Crippen MR) is 22.7 cm³/mol. The smallest absolute Gasteiger partial charge is 1.00 e. The monoisotopic (exact) mass is 140 g/mol. The van der Waals surface area contributed by atoms with Crippen LogP contribution >= 0.6 is 11.6 Å². The van der Waals surface area contributed by atoms with E-state index in [9.17, 15) is 0 Å². The van der Waals surface area contributed by atoms with E-state index < -0.39 is 0 Å². The molecule has 0 aromatic rings. The molecule has 34 valence electrons. The molecule has 0 N–H and O–H groups in total. The van der Waals surface area contributed by atoms with E-state index in [1.807, 2.05) is 0 Å². The van der Waals surface area contributed by atoms with E-state index in [1.54, 1.807) is 0 Å². The van der Waals surface area contributed by atoms with Gasteiger partial charge in [-0.2, -0.15) is 0 Å². The fourth-order valence-corrected chi connectivity index (χ4v) is 0.335. The number of rotatable bonds is 1. The Kier molecular flexibility index (Phi) is 10.9. The van der Waals surface area contributed by atoms with Crippen LogP contribution in [0.1, 0.15) is 2.85 Å². The third-order valence-electron chi connectivity index (χ3n) is 0.574. The van der Waals surface area contributed by atoms with Crippen molar-refractivity contribution in [1.82, 2.24) is 0 Å². The van der Waals surface area contributed by atoms with Gasteiger partial charge in [0.05, 0.1) is 18.6 Å². The van der Waals surface area contributed by atoms with Crippen molar-refractivity contribution in [2.75, 3.05) is 12.5 Å². The van der Waals surface area contributed by atoms with Gasteiger partial charge in [-0.1, -0.05) is 0 Å². The Bertz CT molecular complexity index is 46.8. The first-order valence-electron chi connectivity index (χ1n) is 1.61. The van der Waals surface area contributed by atoms with Crippen LogP contribution in [0.25, 0.3) is 0 Å². The Labute approximate surface area is 95.7 Å². The molecule has 4 heteroatoms. The summed E-state index contributed by atoms with van der Waals surface area (Å²) in [6.07, 6.45) is 0.400. The number of ether oxygens (including phenoxy) is 1. The van der Waals surface area contributed by atoms with Crippen molar-refractivity contribution in [3.05, 3.63) is 0 Å². The second-order valence-electron chi connectivity index (χ2n) is 1.11. The minimum atomic E-state index is 0. The summed E-state index contributed by atoms with van der Waals surface area (Å²) < 4.78 is 4.73. The molecule has 0 radical (unpaired) electrons. The van der Waals surface area contributed by atoms with Crippen LogP contribution in [0.2, 0.25) is 0 Å². The van der Waals surface area contributed by atoms with Gasteiger partial charge in [0.15, 0.2) is 0 Å². The molecule has 1 aliphatic heterocycles. The van der Waals surface area contributed by atoms with E-state index in [2.05, 4.69) is 0 Å². The first kappa shape index (κ1) is 12.0. The van der Waals surface area contributed by atoms with Crippen molar-refractivity contribution in [2.24, 2.45) is 0 Å². The van der Waals surface area contributed by atoms with Crippen molar-refractivity contribution < 1.29 is 66.7 Å². The fourth-order valence-electron chi connectivity index (χ4n) is 0.157. The van der Waals surface area contributed by atoms with Gasteiger partial charge in [0, 0.05) is 0 Å². The number of hydrogen-bond acceptors (Lipinski definition) is 1. The molecule has 0 aromatic heterocycles. The maximum absolute atomic E-state index is 5.27. The molecular formula is C3H7ClNa2O. The minimum absolute atomic E-state index is 0. The number of hydrogen-bond donors (Lipinski definition) is 0. The number of alkyl halides is 1. The zero-order chi connectivity index (χ0) is 3.70. The summed E-state index contributed by atoms with van der Waals surface area (Å²) in [4.78, 5) is 0. The van der Waals surface area contributed by atoms with Crippen LogP contribution in [0.3, 0.4) is 0 Å². The fraction of sp³-hybridized carbons (Fsp3) is 1.00. The summed E-state index contributed by atoms with van der Waals surface area (Å²) in [7, 11) is 0. The SMILES string of the molecule is ClCC1CO1.[H-].[H-].[Na+].[Na+]. The van der Waals surface area contributed by atoms with Crippen LogP contribution in [0.15, 0.2) is 0 Å². The molecule has 0 spiro atoms. The minimum Gasteiger partial charge on any atom is -1.00 e. The van der Waals surface area contributed by atoms with Gasteiger partial charge in [-0.15, -0.1) is 11.6 Å². The maximum atomic E-state index is 5.27. The second kappa shape index (κ2) is 6.37. The number of epoxide rings is 1. The molecule has 1 unspecified atom stereocenters. The molecule has 0 aliphatic carbocycles. The second-order valence-corrected chi connectivity index (χ2v) is 1.42. The van der Waals surface area contributed by atoms with Crippen molar-refractivity contribution in [3.8, 4) is 0 Å². The molecule has 1 atom stereocenters. The molecule has 1 fully saturated rings. The van der Waals surface area contributed by atoms with Gasteiger partial charge in [0.25, 0.3) is 0 Å². The summed E-state index contributed by atoms with van der Waals surface area (Å²) in [5.74, 6) is 0.667. The average molecular weight is 141 g/mol. The molecule has 0 saturated carbocycles. The van der Waals surface area contributed by atoms with E-state index in [1.165, 1.54) is 0 Å². The van der Waals surface area contributed by atoms with E-state index in [4.69, 9.17) is 16.3 Å². The largest absolute Gasteiger partial charge is 1.00 e. The summed E-state index contributed by atoms with van der Waals surface area (Å²) in [6.45, 7) is 0.878. The van der Waals surface area contributed by atoms with Crippen LogP contribution in [0, 0.1) is 0 Å². The third-order valence-corrected chi connectivity index (χ3v) is 0.919. The average Bonchev–Trinajstić information content (AvgIpc) is 2.12. The molecule has 0 aromatic carbocycles. The Morgan fingerprint density at radius 2 is 2.14 bits per heavy atom. The zero-order valence-electron chi connectivity index (χ0n) is 6.78. The molecule has 1 heterocycles. The van der Waals surface area contributed by atoms with Crippen LogP contribution in [-0.2, 0) is 4.74 Å². The molecule has 1 rings (SSSR count). The van der Waals surface area contributed by atoms with E-state index in [0.717, 1.165) is 6.61 Å². The van der Waals surface area contributed by atoms with Gasteiger partial charge < -0.3 is 7.59 Å². The Morgan fingerprint density at radius 3 is 2.14 bits per heavy atom. The summed E-state index contributed by atoms with van der Waals surface area (Å²) in [5.41, 5.74) is 0. The Balaban J connectivity index is -0.0000000312. The molecule has 0 bridgehead atoms. The summed E-state index contributed by atoms with van der Waals surface area (Å²) in [5, 5.41) is 0. The molecule has 1 aliphatic rings. The number of halogens is 1. The Hall–Kier alpha value is 2.25. The molecule has 1 saturated heterocycles. The summed E-state index contributed by atoms with van der Waals surface area (Å²) in [6, 6.07) is 0. The van der Waals surface area contributed by atoms with Gasteiger partial charge in [0.1, 0.15) is 0 Å². The van der Waals surface area contributed by atoms with Crippen molar-refractivity contribution in [3.63, 3.8) is 0 Å². The van der Waals surface area contributed by atoms with Crippen molar-refractivity contribution in [1.29, 1.82) is 0 Å². The van der Waals surface area contributed by atoms with Crippen LogP contribution in [0.4, 0.5) is 0 Å². The Morgan fingerprint density at radius 1 is 1.71 bits per heavy atom. The first-order valence-corrected chi connectivity index (χ1v) is 2.14. The van der Waals surface area contributed by atoms with E-state index in [-0.39, 0.29) is 62.0 Å². The van der Waals surface area contributed by atoms with Crippen LogP contribution in [0.5, 0.6) is 0 Å². The maximum Gasteiger partial charge on any atom is 1.00 e. The third kappa shape index (κ3) is 6.13. The topological polar surface area (TPSA) is 12.5 Å². The van der Waals surface area contributed by atoms with Crippen molar-refractivity contribution >= 4 is 11.6 Å². The van der Waals surface area contributed by atoms with Gasteiger partial charge in [-0.05, 0) is 0 Å². The standard InChI is InChI=1S/C3H5ClO.2Na.2H/c4-1-3-2-5-3;;;;/h3H,1-2H2;;;;/q;2*+1;2*-1. The van der Waals surface area contributed by atoms with Crippen LogP contribution < -0.4 is 59.1 Å². The van der Waals surface area contributed by atoms with Gasteiger partial charge in [-0.3, -0.25) is 0 Å².